The van der Waals surface area contributed by atoms with Crippen LogP contribution in [0, 0.1) is 0 Å². The summed E-state index contributed by atoms with van der Waals surface area (Å²) in [7, 11) is 0. The Morgan fingerprint density at radius 1 is 1.09 bits per heavy atom. The number of thioether (sulfide) groups is 1. The first-order valence-electron chi connectivity index (χ1n) is 7.42. The van der Waals surface area contributed by atoms with Crippen LogP contribution in [-0.4, -0.2) is 21.3 Å². The number of furan rings is 1. The molecule has 1 aromatic carbocycles. The Kier molecular flexibility index (Phi) is 5.72. The predicted molar refractivity (Wildman–Crippen MR) is 91.6 cm³/mol. The molecule has 2 rings (SSSR count). The fourth-order valence-corrected chi connectivity index (χ4v) is 2.74. The first kappa shape index (κ1) is 16.7. The van der Waals surface area contributed by atoms with E-state index in [-0.39, 0.29) is 10.7 Å². The minimum Gasteiger partial charge on any atom is -0.467 e. The van der Waals surface area contributed by atoms with Crippen LogP contribution in [0.2, 0.25) is 0 Å². The molecule has 4 heteroatoms. The molecule has 0 aliphatic rings. The van der Waals surface area contributed by atoms with Gasteiger partial charge < -0.3 is 9.32 Å². The SMILES string of the molecule is CC(C)(C)SCC(=O)N(Cc1ccccc1)Cc1ccco1. The molecule has 0 aliphatic heterocycles. The average Bonchev–Trinajstić information content (AvgIpc) is 2.97. The van der Waals surface area contributed by atoms with Crippen LogP contribution in [0.15, 0.2) is 53.1 Å². The molecule has 118 valence electrons. The van der Waals surface area contributed by atoms with Gasteiger partial charge in [0, 0.05) is 11.3 Å². The van der Waals surface area contributed by atoms with Gasteiger partial charge in [0.1, 0.15) is 5.76 Å². The minimum absolute atomic E-state index is 0.0821. The van der Waals surface area contributed by atoms with E-state index >= 15 is 0 Å². The zero-order valence-corrected chi connectivity index (χ0v) is 14.2. The number of carbonyl (C=O) groups is 1. The van der Waals surface area contributed by atoms with Crippen molar-refractivity contribution in [3.8, 4) is 0 Å². The molecular weight excluding hydrogens is 294 g/mol. The molecule has 0 N–H and O–H groups in total. The summed E-state index contributed by atoms with van der Waals surface area (Å²) < 4.78 is 5.48. The Labute approximate surface area is 136 Å². The van der Waals surface area contributed by atoms with Crippen LogP contribution in [0.25, 0.3) is 0 Å². The van der Waals surface area contributed by atoms with E-state index in [9.17, 15) is 4.79 Å². The Balaban J connectivity index is 2.05. The highest BCUT2D eigenvalue weighted by atomic mass is 32.2. The third-order valence-electron chi connectivity index (χ3n) is 3.12. The lowest BCUT2D eigenvalue weighted by molar-refractivity contribution is -0.129. The normalized spacial score (nSPS) is 11.4. The van der Waals surface area contributed by atoms with Gasteiger partial charge in [0.25, 0.3) is 0 Å². The van der Waals surface area contributed by atoms with Crippen molar-refractivity contribution in [2.24, 2.45) is 0 Å². The Hall–Kier alpha value is -1.68. The Bertz CT molecular complexity index is 573. The number of carbonyl (C=O) groups excluding carboxylic acids is 1. The lowest BCUT2D eigenvalue weighted by atomic mass is 10.2. The standard InChI is InChI=1S/C18H23NO2S/c1-18(2,3)22-14-17(20)19(13-16-10-7-11-21-16)12-15-8-5-4-6-9-15/h4-11H,12-14H2,1-3H3. The van der Waals surface area contributed by atoms with Gasteiger partial charge in [-0.2, -0.15) is 0 Å². The third kappa shape index (κ3) is 5.60. The summed E-state index contributed by atoms with van der Waals surface area (Å²) in [5, 5.41) is 0. The smallest absolute Gasteiger partial charge is 0.233 e. The second kappa shape index (κ2) is 7.54. The van der Waals surface area contributed by atoms with Gasteiger partial charge >= 0.3 is 0 Å². The van der Waals surface area contributed by atoms with Crippen molar-refractivity contribution in [3.05, 3.63) is 60.1 Å². The molecule has 0 atom stereocenters. The van der Waals surface area contributed by atoms with Crippen LogP contribution < -0.4 is 0 Å². The molecule has 0 unspecified atom stereocenters. The van der Waals surface area contributed by atoms with Gasteiger partial charge in [0.2, 0.25) is 5.91 Å². The highest BCUT2D eigenvalue weighted by Gasteiger charge is 2.19. The van der Waals surface area contributed by atoms with Crippen LogP contribution in [0.5, 0.6) is 0 Å². The van der Waals surface area contributed by atoms with E-state index in [1.165, 1.54) is 0 Å². The third-order valence-corrected chi connectivity index (χ3v) is 4.38. The topological polar surface area (TPSA) is 33.5 Å². The number of hydrogen-bond acceptors (Lipinski definition) is 3. The largest absolute Gasteiger partial charge is 0.467 e. The maximum absolute atomic E-state index is 12.6. The van der Waals surface area contributed by atoms with Crippen molar-refractivity contribution < 1.29 is 9.21 Å². The van der Waals surface area contributed by atoms with E-state index < -0.39 is 0 Å². The van der Waals surface area contributed by atoms with Crippen molar-refractivity contribution >= 4 is 17.7 Å². The number of hydrogen-bond donors (Lipinski definition) is 0. The molecule has 0 radical (unpaired) electrons. The second-order valence-electron chi connectivity index (χ2n) is 6.22. The average molecular weight is 317 g/mol. The molecule has 1 aromatic heterocycles. The van der Waals surface area contributed by atoms with Crippen LogP contribution in [0.3, 0.4) is 0 Å². The summed E-state index contributed by atoms with van der Waals surface area (Å²) in [5.41, 5.74) is 1.13. The molecule has 0 spiro atoms. The van der Waals surface area contributed by atoms with Crippen molar-refractivity contribution in [2.75, 3.05) is 5.75 Å². The van der Waals surface area contributed by atoms with Crippen LogP contribution in [-0.2, 0) is 17.9 Å². The van der Waals surface area contributed by atoms with Crippen LogP contribution in [0.1, 0.15) is 32.1 Å². The lowest BCUT2D eigenvalue weighted by Crippen LogP contribution is -2.32. The number of nitrogens with zero attached hydrogens (tertiary/aromatic N) is 1. The molecule has 1 heterocycles. The summed E-state index contributed by atoms with van der Waals surface area (Å²) in [6.45, 7) is 7.48. The number of amides is 1. The minimum atomic E-state index is 0.0821. The molecule has 2 aromatic rings. The molecule has 0 saturated heterocycles. The van der Waals surface area contributed by atoms with Crippen molar-refractivity contribution in [1.82, 2.24) is 4.90 Å². The van der Waals surface area contributed by atoms with E-state index in [1.807, 2.05) is 47.4 Å². The van der Waals surface area contributed by atoms with Gasteiger partial charge in [0.05, 0.1) is 18.6 Å². The Morgan fingerprint density at radius 2 is 1.82 bits per heavy atom. The molecule has 1 amide bonds. The maximum atomic E-state index is 12.6. The van der Waals surface area contributed by atoms with E-state index in [0.717, 1.165) is 11.3 Å². The summed E-state index contributed by atoms with van der Waals surface area (Å²) in [5.74, 6) is 1.43. The summed E-state index contributed by atoms with van der Waals surface area (Å²) in [4.78, 5) is 14.4. The predicted octanol–water partition coefficient (Wildman–Crippen LogP) is 4.34. The number of benzene rings is 1. The van der Waals surface area contributed by atoms with Crippen molar-refractivity contribution in [2.45, 2.75) is 38.6 Å². The first-order valence-corrected chi connectivity index (χ1v) is 8.41. The van der Waals surface area contributed by atoms with Gasteiger partial charge in [-0.25, -0.2) is 0 Å². The van der Waals surface area contributed by atoms with Crippen molar-refractivity contribution in [1.29, 1.82) is 0 Å². The van der Waals surface area contributed by atoms with E-state index in [4.69, 9.17) is 4.42 Å². The molecule has 22 heavy (non-hydrogen) atoms. The monoisotopic (exact) mass is 317 g/mol. The van der Waals surface area contributed by atoms with Gasteiger partial charge in [-0.15, -0.1) is 11.8 Å². The fourth-order valence-electron chi connectivity index (χ4n) is 2.00. The first-order chi connectivity index (χ1) is 10.4. The van der Waals surface area contributed by atoms with Crippen LogP contribution in [0.4, 0.5) is 0 Å². The van der Waals surface area contributed by atoms with E-state index in [2.05, 4.69) is 20.8 Å². The van der Waals surface area contributed by atoms with Gasteiger partial charge in [-0.3, -0.25) is 4.79 Å². The molecular formula is C18H23NO2S. The fraction of sp³-hybridized carbons (Fsp3) is 0.389. The maximum Gasteiger partial charge on any atom is 0.233 e. The summed E-state index contributed by atoms with van der Waals surface area (Å²) in [6, 6.07) is 13.8. The molecule has 0 aliphatic carbocycles. The molecule has 0 saturated carbocycles. The van der Waals surface area contributed by atoms with Gasteiger partial charge in [-0.05, 0) is 17.7 Å². The highest BCUT2D eigenvalue weighted by Crippen LogP contribution is 2.24. The molecule has 0 fully saturated rings. The second-order valence-corrected chi connectivity index (χ2v) is 8.02. The number of rotatable bonds is 6. The van der Waals surface area contributed by atoms with E-state index in [0.29, 0.717) is 18.8 Å². The summed E-state index contributed by atoms with van der Waals surface area (Å²) in [6.07, 6.45) is 1.64. The van der Waals surface area contributed by atoms with E-state index in [1.54, 1.807) is 18.0 Å². The summed E-state index contributed by atoms with van der Waals surface area (Å²) >= 11 is 1.67. The van der Waals surface area contributed by atoms with Gasteiger partial charge in [0.15, 0.2) is 0 Å². The van der Waals surface area contributed by atoms with Crippen LogP contribution >= 0.6 is 11.8 Å². The van der Waals surface area contributed by atoms with Crippen molar-refractivity contribution in [3.63, 3.8) is 0 Å². The lowest BCUT2D eigenvalue weighted by Gasteiger charge is -2.24. The Morgan fingerprint density at radius 3 is 2.41 bits per heavy atom. The highest BCUT2D eigenvalue weighted by molar-refractivity contribution is 8.01. The zero-order valence-electron chi connectivity index (χ0n) is 13.4. The molecule has 3 nitrogen and oxygen atoms in total. The molecule has 0 bridgehead atoms. The van der Waals surface area contributed by atoms with Gasteiger partial charge in [-0.1, -0.05) is 51.1 Å². The zero-order chi connectivity index (χ0) is 16.0. The quantitative estimate of drug-likeness (QED) is 0.794.